The van der Waals surface area contributed by atoms with Crippen molar-refractivity contribution < 1.29 is 18.0 Å². The van der Waals surface area contributed by atoms with Crippen molar-refractivity contribution >= 4 is 11.6 Å². The molecule has 11 heteroatoms. The van der Waals surface area contributed by atoms with Crippen LogP contribution in [0.1, 0.15) is 41.4 Å². The Morgan fingerprint density at radius 3 is 2.34 bits per heavy atom. The zero-order valence-electron chi connectivity index (χ0n) is 17.1. The van der Waals surface area contributed by atoms with Gasteiger partial charge in [-0.25, -0.2) is 19.6 Å². The number of carbonyl (C=O) groups is 1. The third-order valence-corrected chi connectivity index (χ3v) is 4.66. The van der Waals surface area contributed by atoms with Crippen LogP contribution in [0.3, 0.4) is 0 Å². The second-order valence-corrected chi connectivity index (χ2v) is 7.24. The maximum Gasteiger partial charge on any atom is 0.417 e. The highest BCUT2D eigenvalue weighted by atomic mass is 19.4. The lowest BCUT2D eigenvalue weighted by Crippen LogP contribution is -2.16. The number of imidazole rings is 1. The molecule has 0 fully saturated rings. The first-order valence-corrected chi connectivity index (χ1v) is 9.61. The van der Waals surface area contributed by atoms with Crippen LogP contribution in [0.15, 0.2) is 61.6 Å². The van der Waals surface area contributed by atoms with Crippen molar-refractivity contribution in [3.05, 3.63) is 78.4 Å². The smallest absolute Gasteiger partial charge is 0.320 e. The standard InChI is InChI=1S/C21H18F3N7O/c1-13(2)19-16(11-28-31(19)18-5-3-14(9-26-18)21(22,23)24)20(32)29-15-4-6-17(27-10-15)30-8-7-25-12-30/h3-13H,1-2H3,(H,29,32). The second kappa shape index (κ2) is 8.25. The summed E-state index contributed by atoms with van der Waals surface area (Å²) in [6.07, 6.45) is 4.14. The lowest BCUT2D eigenvalue weighted by atomic mass is 10.1. The van der Waals surface area contributed by atoms with Crippen molar-refractivity contribution in [1.29, 1.82) is 0 Å². The van der Waals surface area contributed by atoms with Crippen molar-refractivity contribution in [1.82, 2.24) is 29.3 Å². The molecular weight excluding hydrogens is 423 g/mol. The average Bonchev–Trinajstić information content (AvgIpc) is 3.44. The van der Waals surface area contributed by atoms with Crippen molar-refractivity contribution in [2.24, 2.45) is 0 Å². The molecule has 4 aromatic heterocycles. The number of nitrogens with zero attached hydrogens (tertiary/aromatic N) is 6. The maximum atomic E-state index is 12.9. The van der Waals surface area contributed by atoms with Crippen molar-refractivity contribution in [2.75, 3.05) is 5.32 Å². The van der Waals surface area contributed by atoms with Crippen LogP contribution in [-0.4, -0.2) is 35.2 Å². The topological polar surface area (TPSA) is 90.5 Å². The quantitative estimate of drug-likeness (QED) is 0.500. The molecule has 0 radical (unpaired) electrons. The Bertz CT molecular complexity index is 1210. The van der Waals surface area contributed by atoms with Gasteiger partial charge in [-0.3, -0.25) is 9.36 Å². The molecular formula is C21H18F3N7O. The Kier molecular flexibility index (Phi) is 5.47. The second-order valence-electron chi connectivity index (χ2n) is 7.24. The fourth-order valence-electron chi connectivity index (χ4n) is 3.16. The molecule has 0 atom stereocenters. The molecule has 0 aliphatic carbocycles. The van der Waals surface area contributed by atoms with E-state index in [0.29, 0.717) is 22.8 Å². The van der Waals surface area contributed by atoms with Gasteiger partial charge in [-0.05, 0) is 30.2 Å². The van der Waals surface area contributed by atoms with Gasteiger partial charge in [0.05, 0.1) is 34.9 Å². The Hall–Kier alpha value is -4.02. The van der Waals surface area contributed by atoms with Crippen molar-refractivity contribution in [3.8, 4) is 11.6 Å². The number of aromatic nitrogens is 6. The summed E-state index contributed by atoms with van der Waals surface area (Å²) in [6.45, 7) is 3.71. The van der Waals surface area contributed by atoms with Gasteiger partial charge in [-0.15, -0.1) is 0 Å². The van der Waals surface area contributed by atoms with E-state index in [-0.39, 0.29) is 11.7 Å². The van der Waals surface area contributed by atoms with E-state index in [1.54, 1.807) is 35.4 Å². The van der Waals surface area contributed by atoms with Crippen molar-refractivity contribution in [2.45, 2.75) is 25.9 Å². The Labute approximate surface area is 180 Å². The van der Waals surface area contributed by atoms with Gasteiger partial charge < -0.3 is 5.32 Å². The fourth-order valence-corrected chi connectivity index (χ4v) is 3.16. The molecule has 32 heavy (non-hydrogen) atoms. The molecule has 0 aliphatic rings. The van der Waals surface area contributed by atoms with E-state index in [2.05, 4.69) is 25.4 Å². The van der Waals surface area contributed by atoms with Gasteiger partial charge in [0, 0.05) is 18.6 Å². The molecule has 0 bridgehead atoms. The fraction of sp³-hybridized carbons (Fsp3) is 0.190. The Morgan fingerprint density at radius 1 is 1.03 bits per heavy atom. The first-order chi connectivity index (χ1) is 15.2. The van der Waals surface area contributed by atoms with E-state index < -0.39 is 17.6 Å². The number of carbonyl (C=O) groups excluding carboxylic acids is 1. The number of anilines is 1. The molecule has 0 aliphatic heterocycles. The Balaban J connectivity index is 1.58. The largest absolute Gasteiger partial charge is 0.417 e. The maximum absolute atomic E-state index is 12.9. The van der Waals surface area contributed by atoms with Crippen LogP contribution >= 0.6 is 0 Å². The molecule has 4 aromatic rings. The van der Waals surface area contributed by atoms with Crippen LogP contribution in [0.25, 0.3) is 11.6 Å². The number of rotatable bonds is 5. The summed E-state index contributed by atoms with van der Waals surface area (Å²) < 4.78 is 41.6. The van der Waals surface area contributed by atoms with Crippen LogP contribution in [0.4, 0.5) is 18.9 Å². The Morgan fingerprint density at radius 2 is 1.78 bits per heavy atom. The monoisotopic (exact) mass is 441 g/mol. The predicted molar refractivity (Wildman–Crippen MR) is 110 cm³/mol. The number of halogens is 3. The summed E-state index contributed by atoms with van der Waals surface area (Å²) in [4.78, 5) is 25.0. The minimum Gasteiger partial charge on any atom is -0.320 e. The number of pyridine rings is 2. The van der Waals surface area contributed by atoms with Gasteiger partial charge in [0.2, 0.25) is 0 Å². The van der Waals surface area contributed by atoms with E-state index in [0.717, 1.165) is 12.3 Å². The molecule has 4 rings (SSSR count). The molecule has 0 saturated heterocycles. The van der Waals surface area contributed by atoms with Gasteiger partial charge >= 0.3 is 6.18 Å². The highest BCUT2D eigenvalue weighted by Gasteiger charge is 2.31. The third kappa shape index (κ3) is 4.22. The predicted octanol–water partition coefficient (Wildman–Crippen LogP) is 4.24. The minimum atomic E-state index is -4.48. The van der Waals surface area contributed by atoms with Crippen LogP contribution < -0.4 is 5.32 Å². The van der Waals surface area contributed by atoms with Gasteiger partial charge in [0.25, 0.3) is 5.91 Å². The highest BCUT2D eigenvalue weighted by molar-refractivity contribution is 6.05. The summed E-state index contributed by atoms with van der Waals surface area (Å²) in [5.41, 5.74) is 0.441. The molecule has 0 saturated carbocycles. The van der Waals surface area contributed by atoms with Crippen LogP contribution in [0.5, 0.6) is 0 Å². The zero-order valence-corrected chi connectivity index (χ0v) is 17.1. The van der Waals surface area contributed by atoms with E-state index in [1.165, 1.54) is 23.1 Å². The van der Waals surface area contributed by atoms with Crippen LogP contribution in [0.2, 0.25) is 0 Å². The summed E-state index contributed by atoms with van der Waals surface area (Å²) in [5.74, 6) is 0.268. The summed E-state index contributed by atoms with van der Waals surface area (Å²) in [5, 5.41) is 6.97. The van der Waals surface area contributed by atoms with E-state index in [1.807, 2.05) is 13.8 Å². The van der Waals surface area contributed by atoms with Crippen LogP contribution in [0, 0.1) is 0 Å². The average molecular weight is 441 g/mol. The highest BCUT2D eigenvalue weighted by Crippen LogP contribution is 2.29. The number of hydrogen-bond acceptors (Lipinski definition) is 5. The molecule has 164 valence electrons. The molecule has 0 spiro atoms. The molecule has 0 aromatic carbocycles. The van der Waals surface area contributed by atoms with E-state index >= 15 is 0 Å². The molecule has 8 nitrogen and oxygen atoms in total. The third-order valence-electron chi connectivity index (χ3n) is 4.66. The first kappa shape index (κ1) is 21.2. The first-order valence-electron chi connectivity index (χ1n) is 9.61. The number of alkyl halides is 3. The molecule has 1 amide bonds. The van der Waals surface area contributed by atoms with Gasteiger partial charge in [0.15, 0.2) is 5.82 Å². The molecule has 0 unspecified atom stereocenters. The van der Waals surface area contributed by atoms with Gasteiger partial charge in [-0.2, -0.15) is 18.3 Å². The van der Waals surface area contributed by atoms with Crippen molar-refractivity contribution in [3.63, 3.8) is 0 Å². The molecule has 1 N–H and O–H groups in total. The number of hydrogen-bond donors (Lipinski definition) is 1. The minimum absolute atomic E-state index is 0.149. The van der Waals surface area contributed by atoms with E-state index in [4.69, 9.17) is 0 Å². The van der Waals surface area contributed by atoms with Gasteiger partial charge in [0.1, 0.15) is 12.1 Å². The molecule has 4 heterocycles. The SMILES string of the molecule is CC(C)c1c(C(=O)Nc2ccc(-n3ccnc3)nc2)cnn1-c1ccc(C(F)(F)F)cn1. The summed E-state index contributed by atoms with van der Waals surface area (Å²) in [7, 11) is 0. The lowest BCUT2D eigenvalue weighted by Gasteiger charge is -2.13. The zero-order chi connectivity index (χ0) is 22.9. The van der Waals surface area contributed by atoms with Crippen LogP contribution in [-0.2, 0) is 6.18 Å². The summed E-state index contributed by atoms with van der Waals surface area (Å²) in [6, 6.07) is 5.59. The normalized spacial score (nSPS) is 11.7. The van der Waals surface area contributed by atoms with Gasteiger partial charge in [-0.1, -0.05) is 13.8 Å². The summed E-state index contributed by atoms with van der Waals surface area (Å²) >= 11 is 0. The number of nitrogens with one attached hydrogen (secondary N) is 1. The van der Waals surface area contributed by atoms with E-state index in [9.17, 15) is 18.0 Å². The number of amides is 1. The lowest BCUT2D eigenvalue weighted by molar-refractivity contribution is -0.137.